The van der Waals surface area contributed by atoms with Gasteiger partial charge in [0.05, 0.1) is 13.2 Å². The molecule has 1 amide bonds. The predicted molar refractivity (Wildman–Crippen MR) is 56.3 cm³/mol. The molecule has 0 saturated carbocycles. The molecule has 1 N–H and O–H groups in total. The van der Waals surface area contributed by atoms with Crippen LogP contribution in [-0.2, 0) is 9.57 Å². The summed E-state index contributed by atoms with van der Waals surface area (Å²) in [5.41, 5.74) is -0.779. The summed E-state index contributed by atoms with van der Waals surface area (Å²) in [6.45, 7) is 5.61. The Hall–Kier alpha value is -0.810. The molecule has 0 unspecified atom stereocenters. The zero-order valence-electron chi connectivity index (χ0n) is 9.95. The van der Waals surface area contributed by atoms with Crippen molar-refractivity contribution in [1.29, 1.82) is 0 Å². The number of hydrogen-bond donors (Lipinski definition) is 1. The van der Waals surface area contributed by atoms with Crippen LogP contribution in [0.4, 0.5) is 4.79 Å². The zero-order chi connectivity index (χ0) is 11.9. The summed E-state index contributed by atoms with van der Waals surface area (Å²) in [6.07, 6.45) is 1.27. The van der Waals surface area contributed by atoms with Gasteiger partial charge in [-0.15, -0.1) is 0 Å². The molecule has 0 aliphatic heterocycles. The molecular formula is C10H21NO4. The minimum absolute atomic E-state index is 0.167. The first-order valence-electron chi connectivity index (χ1n) is 5.13. The zero-order valence-corrected chi connectivity index (χ0v) is 9.95. The number of unbranched alkanes of at least 4 members (excludes halogenated alkanes) is 1. The van der Waals surface area contributed by atoms with Crippen molar-refractivity contribution in [2.45, 2.75) is 39.2 Å². The highest BCUT2D eigenvalue weighted by Gasteiger charge is 2.23. The molecule has 0 spiro atoms. The molecule has 0 aliphatic rings. The second kappa shape index (κ2) is 6.63. The maximum Gasteiger partial charge on any atom is 0.433 e. The van der Waals surface area contributed by atoms with Crippen LogP contribution in [0.2, 0.25) is 0 Å². The second-order valence-electron chi connectivity index (χ2n) is 3.97. The third-order valence-electron chi connectivity index (χ3n) is 1.75. The number of rotatable bonds is 6. The maximum absolute atomic E-state index is 11.3. The summed E-state index contributed by atoms with van der Waals surface area (Å²) in [4.78, 5) is 16.5. The van der Waals surface area contributed by atoms with E-state index in [1.165, 1.54) is 7.05 Å². The lowest BCUT2D eigenvalue weighted by Crippen LogP contribution is -2.40. The van der Waals surface area contributed by atoms with E-state index in [4.69, 9.17) is 14.7 Å². The third-order valence-corrected chi connectivity index (χ3v) is 1.75. The summed E-state index contributed by atoms with van der Waals surface area (Å²) in [5.74, 6) is 0. The standard InChI is InChI=1S/C10H21NO4/c1-5-6-7-14-9(13)11(4)15-10(2,3)8-12/h12H,5-8H2,1-4H3. The van der Waals surface area contributed by atoms with Crippen molar-refractivity contribution in [2.75, 3.05) is 20.3 Å². The van der Waals surface area contributed by atoms with Crippen LogP contribution in [0.5, 0.6) is 0 Å². The highest BCUT2D eigenvalue weighted by atomic mass is 16.7. The van der Waals surface area contributed by atoms with Crippen molar-refractivity contribution >= 4 is 6.09 Å². The Bertz CT molecular complexity index is 194. The Morgan fingerprint density at radius 1 is 1.47 bits per heavy atom. The number of ether oxygens (including phenoxy) is 1. The lowest BCUT2D eigenvalue weighted by molar-refractivity contribution is -0.211. The van der Waals surface area contributed by atoms with Gasteiger partial charge in [0.2, 0.25) is 0 Å². The van der Waals surface area contributed by atoms with E-state index in [2.05, 4.69) is 0 Å². The highest BCUT2D eigenvalue weighted by Crippen LogP contribution is 2.10. The molecule has 0 rings (SSSR count). The molecule has 0 atom stereocenters. The minimum Gasteiger partial charge on any atom is -0.448 e. The van der Waals surface area contributed by atoms with Crippen molar-refractivity contribution in [2.24, 2.45) is 0 Å². The van der Waals surface area contributed by atoms with E-state index < -0.39 is 11.7 Å². The van der Waals surface area contributed by atoms with Crippen molar-refractivity contribution in [1.82, 2.24) is 5.06 Å². The number of amides is 1. The van der Waals surface area contributed by atoms with Gasteiger partial charge in [0, 0.05) is 7.05 Å². The van der Waals surface area contributed by atoms with Gasteiger partial charge in [-0.3, -0.25) is 4.84 Å². The fourth-order valence-corrected chi connectivity index (χ4v) is 0.832. The van der Waals surface area contributed by atoms with Crippen LogP contribution in [0, 0.1) is 0 Å². The van der Waals surface area contributed by atoms with Crippen LogP contribution < -0.4 is 0 Å². The number of carbonyl (C=O) groups excluding carboxylic acids is 1. The van der Waals surface area contributed by atoms with Crippen LogP contribution in [0.25, 0.3) is 0 Å². The highest BCUT2D eigenvalue weighted by molar-refractivity contribution is 5.65. The Kier molecular flexibility index (Phi) is 6.27. The van der Waals surface area contributed by atoms with Gasteiger partial charge in [-0.1, -0.05) is 13.3 Å². The van der Waals surface area contributed by atoms with Crippen LogP contribution in [0.1, 0.15) is 33.6 Å². The number of hydrogen-bond acceptors (Lipinski definition) is 4. The van der Waals surface area contributed by atoms with Crippen LogP contribution >= 0.6 is 0 Å². The lowest BCUT2D eigenvalue weighted by atomic mass is 10.2. The summed E-state index contributed by atoms with van der Waals surface area (Å²) in [6, 6.07) is 0. The predicted octanol–water partition coefficient (Wildman–Crippen LogP) is 1.56. The Labute approximate surface area is 90.9 Å². The van der Waals surface area contributed by atoms with Crippen LogP contribution in [0.15, 0.2) is 0 Å². The van der Waals surface area contributed by atoms with Gasteiger partial charge in [-0.25, -0.2) is 4.79 Å². The summed E-state index contributed by atoms with van der Waals surface area (Å²) in [7, 11) is 1.46. The number of aliphatic hydroxyl groups is 1. The van der Waals surface area contributed by atoms with Gasteiger partial charge in [-0.2, -0.15) is 5.06 Å². The molecule has 15 heavy (non-hydrogen) atoms. The Balaban J connectivity index is 3.88. The molecular weight excluding hydrogens is 198 g/mol. The van der Waals surface area contributed by atoms with Gasteiger partial charge in [0.25, 0.3) is 0 Å². The summed E-state index contributed by atoms with van der Waals surface area (Å²) in [5, 5.41) is 9.94. The molecule has 0 heterocycles. The van der Waals surface area contributed by atoms with Gasteiger partial charge in [0.1, 0.15) is 5.60 Å². The van der Waals surface area contributed by atoms with E-state index in [1.807, 2.05) is 6.92 Å². The maximum atomic E-state index is 11.3. The smallest absolute Gasteiger partial charge is 0.433 e. The first-order chi connectivity index (χ1) is 6.93. The topological polar surface area (TPSA) is 59.0 Å². The SMILES string of the molecule is CCCCOC(=O)N(C)OC(C)(C)CO. The molecule has 0 aromatic carbocycles. The quantitative estimate of drug-likeness (QED) is 0.544. The first-order valence-corrected chi connectivity index (χ1v) is 5.13. The molecule has 0 fully saturated rings. The summed E-state index contributed by atoms with van der Waals surface area (Å²) >= 11 is 0. The molecule has 90 valence electrons. The van der Waals surface area contributed by atoms with Gasteiger partial charge >= 0.3 is 6.09 Å². The number of nitrogens with zero attached hydrogens (tertiary/aromatic N) is 1. The molecule has 0 saturated heterocycles. The van der Waals surface area contributed by atoms with Crippen molar-refractivity contribution in [3.63, 3.8) is 0 Å². The first kappa shape index (κ1) is 14.2. The summed E-state index contributed by atoms with van der Waals surface area (Å²) < 4.78 is 4.91. The van der Waals surface area contributed by atoms with Gasteiger partial charge in [-0.05, 0) is 20.3 Å². The number of aliphatic hydroxyl groups excluding tert-OH is 1. The molecule has 0 bridgehead atoms. The molecule has 0 radical (unpaired) electrons. The van der Waals surface area contributed by atoms with Gasteiger partial charge < -0.3 is 9.84 Å². The minimum atomic E-state index is -0.779. The fourth-order valence-electron chi connectivity index (χ4n) is 0.832. The average Bonchev–Trinajstić information content (AvgIpc) is 2.17. The van der Waals surface area contributed by atoms with E-state index >= 15 is 0 Å². The van der Waals surface area contributed by atoms with Crippen LogP contribution in [0.3, 0.4) is 0 Å². The largest absolute Gasteiger partial charge is 0.448 e. The van der Waals surface area contributed by atoms with Crippen molar-refractivity contribution in [3.8, 4) is 0 Å². The molecule has 0 aromatic rings. The van der Waals surface area contributed by atoms with Gasteiger partial charge in [0.15, 0.2) is 0 Å². The van der Waals surface area contributed by atoms with Crippen LogP contribution in [-0.4, -0.2) is 42.1 Å². The normalized spacial score (nSPS) is 11.3. The fraction of sp³-hybridized carbons (Fsp3) is 0.900. The van der Waals surface area contributed by atoms with E-state index in [9.17, 15) is 4.79 Å². The monoisotopic (exact) mass is 219 g/mol. The molecule has 5 nitrogen and oxygen atoms in total. The average molecular weight is 219 g/mol. The second-order valence-corrected chi connectivity index (χ2v) is 3.97. The molecule has 5 heteroatoms. The number of hydroxylamine groups is 2. The van der Waals surface area contributed by atoms with Crippen molar-refractivity contribution < 1.29 is 19.5 Å². The van der Waals surface area contributed by atoms with E-state index in [1.54, 1.807) is 13.8 Å². The Morgan fingerprint density at radius 2 is 2.07 bits per heavy atom. The van der Waals surface area contributed by atoms with Crippen molar-refractivity contribution in [3.05, 3.63) is 0 Å². The Morgan fingerprint density at radius 3 is 2.53 bits per heavy atom. The molecule has 0 aliphatic carbocycles. The molecule has 0 aromatic heterocycles. The third kappa shape index (κ3) is 6.30. The lowest BCUT2D eigenvalue weighted by Gasteiger charge is -2.27. The van der Waals surface area contributed by atoms with E-state index in [-0.39, 0.29) is 6.61 Å². The number of carbonyl (C=O) groups is 1. The van der Waals surface area contributed by atoms with E-state index in [0.717, 1.165) is 17.9 Å². The van der Waals surface area contributed by atoms with E-state index in [0.29, 0.717) is 6.61 Å².